The fourth-order valence-electron chi connectivity index (χ4n) is 8.59. The predicted molar refractivity (Wildman–Crippen MR) is 166 cm³/mol. The molecule has 0 unspecified atom stereocenters. The first kappa shape index (κ1) is 31.2. The van der Waals surface area contributed by atoms with E-state index in [9.17, 15) is 19.7 Å². The number of ketones is 1. The van der Waals surface area contributed by atoms with E-state index in [-0.39, 0.29) is 51.1 Å². The van der Waals surface area contributed by atoms with E-state index in [1.165, 1.54) is 16.7 Å². The first-order valence-corrected chi connectivity index (χ1v) is 16.0. The monoisotopic (exact) mass is 589 g/mol. The smallest absolute Gasteiger partial charge is 0.317 e. The van der Waals surface area contributed by atoms with Crippen molar-refractivity contribution >= 4 is 17.4 Å². The molecule has 232 valence electrons. The number of rotatable bonds is 7. The summed E-state index contributed by atoms with van der Waals surface area (Å²) in [6.45, 7) is 13.0. The highest BCUT2D eigenvalue weighted by Gasteiger charge is 2.54. The summed E-state index contributed by atoms with van der Waals surface area (Å²) in [6, 6.07) is 11.1. The summed E-state index contributed by atoms with van der Waals surface area (Å²) in [6.07, 6.45) is 4.91. The van der Waals surface area contributed by atoms with Crippen LogP contribution in [-0.2, 0) is 31.6 Å². The number of hydrogen-bond donors (Lipinski definition) is 0. The number of Topliss-reactive ketones (excluding diaryl/α,β-unsaturated/α-hetero) is 1. The Labute approximate surface area is 255 Å². The molecule has 0 N–H and O–H groups in total. The van der Waals surface area contributed by atoms with Gasteiger partial charge in [0.15, 0.2) is 0 Å². The summed E-state index contributed by atoms with van der Waals surface area (Å²) in [5.74, 6) is 0.449. The molecule has 0 radical (unpaired) electrons. The molecule has 7 heteroatoms. The van der Waals surface area contributed by atoms with Crippen molar-refractivity contribution in [3.8, 4) is 5.75 Å². The second-order valence-corrected chi connectivity index (χ2v) is 14.4. The van der Waals surface area contributed by atoms with Crippen molar-refractivity contribution in [2.45, 2.75) is 109 Å². The first-order valence-electron chi connectivity index (χ1n) is 16.0. The van der Waals surface area contributed by atoms with Crippen LogP contribution in [0.2, 0.25) is 0 Å². The number of benzene rings is 2. The van der Waals surface area contributed by atoms with Crippen molar-refractivity contribution in [3.05, 3.63) is 68.8 Å². The summed E-state index contributed by atoms with van der Waals surface area (Å²) in [5.41, 5.74) is 3.98. The summed E-state index contributed by atoms with van der Waals surface area (Å²) in [7, 11) is 1.74. The van der Waals surface area contributed by atoms with Crippen molar-refractivity contribution in [2.24, 2.45) is 23.7 Å². The van der Waals surface area contributed by atoms with Gasteiger partial charge in [0.05, 0.1) is 12.0 Å². The fourth-order valence-corrected chi connectivity index (χ4v) is 8.59. The molecular formula is C36H47NO6. The fraction of sp³-hybridized carbons (Fsp3) is 0.611. The SMILES string of the molecule is COc1c(C(C)C)ccc2c1CC[C@H]1[C@H](C(=O)O[C@H]3C[C@H](C)CC[C@H]3C(C)(C)c3ccc([N+](=O)[O-])cc3)C(=O)CC[C@]21C. The molecule has 0 saturated heterocycles. The number of esters is 1. The van der Waals surface area contributed by atoms with E-state index < -0.39 is 5.92 Å². The summed E-state index contributed by atoms with van der Waals surface area (Å²) < 4.78 is 12.4. The first-order chi connectivity index (χ1) is 20.3. The van der Waals surface area contributed by atoms with Crippen LogP contribution in [0.1, 0.15) is 108 Å². The predicted octanol–water partition coefficient (Wildman–Crippen LogP) is 7.85. The molecule has 3 aliphatic carbocycles. The molecule has 2 aromatic rings. The van der Waals surface area contributed by atoms with E-state index in [4.69, 9.17) is 9.47 Å². The Morgan fingerprint density at radius 2 is 1.77 bits per heavy atom. The molecule has 2 aromatic carbocycles. The van der Waals surface area contributed by atoms with Crippen LogP contribution in [0, 0.1) is 33.8 Å². The zero-order valence-electron chi connectivity index (χ0n) is 26.8. The Morgan fingerprint density at radius 1 is 1.07 bits per heavy atom. The lowest BCUT2D eigenvalue weighted by Gasteiger charge is -2.50. The van der Waals surface area contributed by atoms with Gasteiger partial charge in [-0.3, -0.25) is 19.7 Å². The Balaban J connectivity index is 1.43. The molecule has 0 spiro atoms. The van der Waals surface area contributed by atoms with E-state index in [1.54, 1.807) is 19.2 Å². The van der Waals surface area contributed by atoms with Crippen LogP contribution < -0.4 is 4.74 Å². The highest BCUT2D eigenvalue weighted by Crippen LogP contribution is 2.54. The van der Waals surface area contributed by atoms with E-state index in [0.29, 0.717) is 24.7 Å². The Morgan fingerprint density at radius 3 is 2.40 bits per heavy atom. The Hall–Kier alpha value is -3.22. The van der Waals surface area contributed by atoms with Crippen LogP contribution >= 0.6 is 0 Å². The third-order valence-electron chi connectivity index (χ3n) is 11.2. The number of non-ortho nitro benzene ring substituents is 1. The molecule has 0 bridgehead atoms. The third kappa shape index (κ3) is 5.49. The average molecular weight is 590 g/mol. The van der Waals surface area contributed by atoms with Gasteiger partial charge in [-0.25, -0.2) is 0 Å². The normalized spacial score (nSPS) is 29.0. The number of carbonyl (C=O) groups is 2. The van der Waals surface area contributed by atoms with Crippen LogP contribution in [0.25, 0.3) is 0 Å². The maximum atomic E-state index is 14.1. The number of methoxy groups -OCH3 is 1. The molecule has 7 nitrogen and oxygen atoms in total. The number of hydrogen-bond acceptors (Lipinski definition) is 6. The summed E-state index contributed by atoms with van der Waals surface area (Å²) in [4.78, 5) is 38.5. The number of nitrogens with zero attached hydrogens (tertiary/aromatic N) is 1. The number of fused-ring (bicyclic) bond motifs is 3. The third-order valence-corrected chi connectivity index (χ3v) is 11.2. The lowest BCUT2D eigenvalue weighted by Crippen LogP contribution is -2.52. The van der Waals surface area contributed by atoms with Gasteiger partial charge in [-0.05, 0) is 82.9 Å². The van der Waals surface area contributed by atoms with Gasteiger partial charge in [-0.15, -0.1) is 0 Å². The Kier molecular flexibility index (Phi) is 8.49. The van der Waals surface area contributed by atoms with Crippen LogP contribution in [0.3, 0.4) is 0 Å². The van der Waals surface area contributed by atoms with Crippen molar-refractivity contribution in [1.29, 1.82) is 0 Å². The number of nitro groups is 1. The van der Waals surface area contributed by atoms with Gasteiger partial charge in [0.25, 0.3) is 5.69 Å². The average Bonchev–Trinajstić information content (AvgIpc) is 2.96. The number of nitro benzene ring substituents is 1. The van der Waals surface area contributed by atoms with Gasteiger partial charge in [-0.2, -0.15) is 0 Å². The van der Waals surface area contributed by atoms with Crippen LogP contribution in [0.15, 0.2) is 36.4 Å². The second kappa shape index (κ2) is 11.7. The molecule has 0 aromatic heterocycles. The molecular weight excluding hydrogens is 542 g/mol. The molecule has 0 heterocycles. The van der Waals surface area contributed by atoms with Gasteiger partial charge >= 0.3 is 5.97 Å². The molecule has 0 amide bonds. The van der Waals surface area contributed by atoms with Crippen LogP contribution in [0.5, 0.6) is 5.75 Å². The number of carbonyl (C=O) groups excluding carboxylic acids is 2. The standard InChI is InChI=1S/C36H47NO6/c1-21(2)25-13-16-27-26(33(25)42-7)14-17-29-32(30(38)18-19-36(27,29)6)34(39)43-31-20-22(3)8-15-28(31)35(4,5)23-9-11-24(12-10-23)37(40)41/h9-13,16,21-22,28-29,31-32H,8,14-15,17-20H2,1-7H3/t22-,28-,29+,31+,32+,36-/m1/s1. The van der Waals surface area contributed by atoms with Crippen LogP contribution in [0.4, 0.5) is 5.69 Å². The van der Waals surface area contributed by atoms with Gasteiger partial charge in [-0.1, -0.05) is 72.2 Å². The minimum Gasteiger partial charge on any atom is -0.496 e. The topological polar surface area (TPSA) is 95.7 Å². The second-order valence-electron chi connectivity index (χ2n) is 14.4. The Bertz CT molecular complexity index is 1400. The lowest BCUT2D eigenvalue weighted by molar-refractivity contribution is -0.384. The molecule has 6 atom stereocenters. The zero-order chi connectivity index (χ0) is 31.3. The molecule has 43 heavy (non-hydrogen) atoms. The lowest BCUT2D eigenvalue weighted by atomic mass is 9.54. The zero-order valence-corrected chi connectivity index (χ0v) is 26.8. The van der Waals surface area contributed by atoms with Crippen molar-refractivity contribution in [1.82, 2.24) is 0 Å². The molecule has 2 fully saturated rings. The van der Waals surface area contributed by atoms with Crippen molar-refractivity contribution in [3.63, 3.8) is 0 Å². The van der Waals surface area contributed by atoms with Gasteiger partial charge < -0.3 is 9.47 Å². The molecule has 3 aliphatic rings. The van der Waals surface area contributed by atoms with E-state index in [2.05, 4.69) is 53.7 Å². The van der Waals surface area contributed by atoms with Crippen molar-refractivity contribution < 1.29 is 24.0 Å². The van der Waals surface area contributed by atoms with Gasteiger partial charge in [0, 0.05) is 24.5 Å². The summed E-state index contributed by atoms with van der Waals surface area (Å²) >= 11 is 0. The maximum absolute atomic E-state index is 14.1. The molecule has 5 rings (SSSR count). The largest absolute Gasteiger partial charge is 0.496 e. The quantitative estimate of drug-likeness (QED) is 0.141. The maximum Gasteiger partial charge on any atom is 0.317 e. The molecule has 2 saturated carbocycles. The summed E-state index contributed by atoms with van der Waals surface area (Å²) in [5, 5.41) is 11.2. The molecule has 0 aliphatic heterocycles. The highest BCUT2D eigenvalue weighted by molar-refractivity contribution is 6.00. The van der Waals surface area contributed by atoms with E-state index in [0.717, 1.165) is 43.4 Å². The highest BCUT2D eigenvalue weighted by atomic mass is 16.6. The van der Waals surface area contributed by atoms with Gasteiger partial charge in [0.1, 0.15) is 23.6 Å². The van der Waals surface area contributed by atoms with Crippen molar-refractivity contribution in [2.75, 3.05) is 7.11 Å². The minimum atomic E-state index is -0.775. The van der Waals surface area contributed by atoms with Gasteiger partial charge in [0.2, 0.25) is 0 Å². The van der Waals surface area contributed by atoms with E-state index in [1.807, 2.05) is 12.1 Å². The van der Waals surface area contributed by atoms with E-state index >= 15 is 0 Å². The van der Waals surface area contributed by atoms with Crippen LogP contribution in [-0.4, -0.2) is 29.9 Å². The minimum absolute atomic E-state index is 0.00303. The number of ether oxygens (including phenoxy) is 2.